The summed E-state index contributed by atoms with van der Waals surface area (Å²) in [6, 6.07) is 27.1. The molecule has 0 amide bonds. The number of hydrogen-bond donors (Lipinski definition) is 0. The third kappa shape index (κ3) is 7.20. The van der Waals surface area contributed by atoms with E-state index in [4.69, 9.17) is 4.74 Å². The zero-order valence-electron chi connectivity index (χ0n) is 17.7. The van der Waals surface area contributed by atoms with Gasteiger partial charge in [-0.3, -0.25) is 0 Å². The van der Waals surface area contributed by atoms with Gasteiger partial charge in [0, 0.05) is 24.0 Å². The third-order valence-corrected chi connectivity index (χ3v) is 4.89. The van der Waals surface area contributed by atoms with E-state index in [9.17, 15) is 0 Å². The van der Waals surface area contributed by atoms with E-state index in [2.05, 4.69) is 84.3 Å². The number of methoxy groups -OCH3 is 1. The van der Waals surface area contributed by atoms with Gasteiger partial charge in [-0.1, -0.05) is 84.3 Å². The van der Waals surface area contributed by atoms with Crippen LogP contribution < -0.4 is 4.74 Å². The Bertz CT molecular complexity index is 1030. The molecule has 0 unspecified atom stereocenters. The van der Waals surface area contributed by atoms with Gasteiger partial charge in [0.2, 0.25) is 0 Å². The molecule has 0 aliphatic carbocycles. The molecule has 150 valence electrons. The first-order chi connectivity index (χ1) is 14.8. The van der Waals surface area contributed by atoms with Crippen LogP contribution in [0, 0.1) is 23.7 Å². The van der Waals surface area contributed by atoms with Gasteiger partial charge in [-0.2, -0.15) is 0 Å². The van der Waals surface area contributed by atoms with E-state index in [1.54, 1.807) is 7.11 Å². The van der Waals surface area contributed by atoms with Crippen molar-refractivity contribution in [2.45, 2.75) is 38.5 Å². The molecule has 0 aliphatic heterocycles. The zero-order valence-corrected chi connectivity index (χ0v) is 17.7. The first kappa shape index (κ1) is 21.3. The normalized spacial score (nSPS) is 9.77. The summed E-state index contributed by atoms with van der Waals surface area (Å²) in [7, 11) is 1.68. The lowest BCUT2D eigenvalue weighted by atomic mass is 10.1. The van der Waals surface area contributed by atoms with Crippen LogP contribution in [-0.4, -0.2) is 7.11 Å². The van der Waals surface area contributed by atoms with Crippen molar-refractivity contribution >= 4 is 0 Å². The highest BCUT2D eigenvalue weighted by atomic mass is 16.5. The SMILES string of the molecule is COc1ccc(C#CCCCc2ccccc2)c(C#CCCCc2ccccc2)c1. The van der Waals surface area contributed by atoms with Crippen molar-refractivity contribution in [2.75, 3.05) is 7.11 Å². The highest BCUT2D eigenvalue weighted by Crippen LogP contribution is 2.16. The highest BCUT2D eigenvalue weighted by molar-refractivity contribution is 5.53. The highest BCUT2D eigenvalue weighted by Gasteiger charge is 2.00. The van der Waals surface area contributed by atoms with Crippen molar-refractivity contribution in [2.24, 2.45) is 0 Å². The first-order valence-corrected chi connectivity index (χ1v) is 10.6. The molecule has 3 rings (SSSR count). The van der Waals surface area contributed by atoms with E-state index in [1.165, 1.54) is 11.1 Å². The van der Waals surface area contributed by atoms with E-state index in [0.29, 0.717) is 0 Å². The van der Waals surface area contributed by atoms with Crippen LogP contribution in [0.2, 0.25) is 0 Å². The maximum Gasteiger partial charge on any atom is 0.120 e. The van der Waals surface area contributed by atoms with Crippen LogP contribution in [0.25, 0.3) is 0 Å². The van der Waals surface area contributed by atoms with Gasteiger partial charge in [0.15, 0.2) is 0 Å². The molecule has 1 nitrogen and oxygen atoms in total. The molecule has 3 aromatic carbocycles. The van der Waals surface area contributed by atoms with Crippen LogP contribution in [0.4, 0.5) is 0 Å². The lowest BCUT2D eigenvalue weighted by Gasteiger charge is -2.02. The third-order valence-electron chi connectivity index (χ3n) is 4.89. The molecule has 0 spiro atoms. The number of ether oxygens (including phenoxy) is 1. The fourth-order valence-corrected chi connectivity index (χ4v) is 3.23. The second kappa shape index (κ2) is 12.2. The van der Waals surface area contributed by atoms with Gasteiger partial charge in [-0.05, 0) is 55.0 Å². The average molecular weight is 393 g/mol. The minimum Gasteiger partial charge on any atom is -0.497 e. The average Bonchev–Trinajstić information content (AvgIpc) is 2.80. The monoisotopic (exact) mass is 392 g/mol. The van der Waals surface area contributed by atoms with Crippen LogP contribution in [0.5, 0.6) is 5.75 Å². The molecule has 0 atom stereocenters. The van der Waals surface area contributed by atoms with Gasteiger partial charge >= 0.3 is 0 Å². The Balaban J connectivity index is 1.56. The molecule has 0 aromatic heterocycles. The summed E-state index contributed by atoms with van der Waals surface area (Å²) in [5, 5.41) is 0. The van der Waals surface area contributed by atoms with Crippen molar-refractivity contribution in [3.63, 3.8) is 0 Å². The molecule has 0 heterocycles. The Morgan fingerprint density at radius 2 is 1.17 bits per heavy atom. The Morgan fingerprint density at radius 3 is 1.70 bits per heavy atom. The van der Waals surface area contributed by atoms with Crippen molar-refractivity contribution in [3.05, 3.63) is 101 Å². The molecule has 0 saturated carbocycles. The number of unbranched alkanes of at least 4 members (excludes halogenated alkanes) is 2. The molecule has 1 heteroatoms. The zero-order chi connectivity index (χ0) is 20.9. The molecule has 0 N–H and O–H groups in total. The number of benzene rings is 3. The second-order valence-corrected chi connectivity index (χ2v) is 7.19. The predicted molar refractivity (Wildman–Crippen MR) is 126 cm³/mol. The standard InChI is InChI=1S/C29H28O/c1-30-29-23-22-27(20-12-4-10-18-25-14-6-2-7-15-25)28(24-29)21-13-5-11-19-26-16-8-3-9-17-26/h2-3,6-9,14-17,22-24H,4-5,10-11,18-19H2,1H3. The van der Waals surface area contributed by atoms with E-state index in [1.807, 2.05) is 18.2 Å². The fourth-order valence-electron chi connectivity index (χ4n) is 3.23. The number of aryl methyl sites for hydroxylation is 2. The fraction of sp³-hybridized carbons (Fsp3) is 0.241. The van der Waals surface area contributed by atoms with E-state index in [0.717, 1.165) is 55.4 Å². The predicted octanol–water partition coefficient (Wildman–Crippen LogP) is 6.44. The lowest BCUT2D eigenvalue weighted by molar-refractivity contribution is 0.414. The van der Waals surface area contributed by atoms with E-state index < -0.39 is 0 Å². The van der Waals surface area contributed by atoms with Crippen LogP contribution in [0.1, 0.15) is 47.9 Å². The summed E-state index contributed by atoms with van der Waals surface area (Å²) in [5.74, 6) is 14.1. The van der Waals surface area contributed by atoms with Gasteiger partial charge in [0.25, 0.3) is 0 Å². The van der Waals surface area contributed by atoms with Crippen LogP contribution in [0.3, 0.4) is 0 Å². The molecule has 0 bridgehead atoms. The Hall–Kier alpha value is -3.42. The van der Waals surface area contributed by atoms with Crippen molar-refractivity contribution in [1.82, 2.24) is 0 Å². The van der Waals surface area contributed by atoms with E-state index in [-0.39, 0.29) is 0 Å². The second-order valence-electron chi connectivity index (χ2n) is 7.19. The molecular formula is C29H28O. The quantitative estimate of drug-likeness (QED) is 0.332. The first-order valence-electron chi connectivity index (χ1n) is 10.6. The summed E-state index contributed by atoms with van der Waals surface area (Å²) < 4.78 is 5.37. The molecule has 0 fully saturated rings. The smallest absolute Gasteiger partial charge is 0.120 e. The Kier molecular flexibility index (Phi) is 8.66. The molecule has 3 aromatic rings. The Labute approximate surface area is 181 Å². The minimum atomic E-state index is 0.818. The van der Waals surface area contributed by atoms with Gasteiger partial charge in [0.05, 0.1) is 7.11 Å². The molecule has 0 radical (unpaired) electrons. The maximum atomic E-state index is 5.37. The topological polar surface area (TPSA) is 9.23 Å². The summed E-state index contributed by atoms with van der Waals surface area (Å²) in [6.07, 6.45) is 5.99. The van der Waals surface area contributed by atoms with Crippen molar-refractivity contribution in [3.8, 4) is 29.4 Å². The largest absolute Gasteiger partial charge is 0.497 e. The summed E-state index contributed by atoms with van der Waals surface area (Å²) >= 11 is 0. The van der Waals surface area contributed by atoms with Crippen LogP contribution in [-0.2, 0) is 12.8 Å². The van der Waals surface area contributed by atoms with E-state index >= 15 is 0 Å². The van der Waals surface area contributed by atoms with Gasteiger partial charge in [-0.25, -0.2) is 0 Å². The van der Waals surface area contributed by atoms with Crippen molar-refractivity contribution < 1.29 is 4.74 Å². The maximum absolute atomic E-state index is 5.37. The Morgan fingerprint density at radius 1 is 0.633 bits per heavy atom. The van der Waals surface area contributed by atoms with Crippen LogP contribution >= 0.6 is 0 Å². The number of hydrogen-bond acceptors (Lipinski definition) is 1. The van der Waals surface area contributed by atoms with Crippen molar-refractivity contribution in [1.29, 1.82) is 0 Å². The minimum absolute atomic E-state index is 0.818. The lowest BCUT2D eigenvalue weighted by Crippen LogP contribution is -1.89. The number of rotatable bonds is 7. The summed E-state index contributed by atoms with van der Waals surface area (Å²) in [6.45, 7) is 0. The van der Waals surface area contributed by atoms with Gasteiger partial charge < -0.3 is 4.74 Å². The molecule has 0 saturated heterocycles. The van der Waals surface area contributed by atoms with Gasteiger partial charge in [-0.15, -0.1) is 0 Å². The molecule has 30 heavy (non-hydrogen) atoms. The summed E-state index contributed by atoms with van der Waals surface area (Å²) in [5.41, 5.74) is 4.66. The van der Waals surface area contributed by atoms with Gasteiger partial charge in [0.1, 0.15) is 5.75 Å². The molecular weight excluding hydrogens is 364 g/mol. The summed E-state index contributed by atoms with van der Waals surface area (Å²) in [4.78, 5) is 0. The van der Waals surface area contributed by atoms with Crippen LogP contribution in [0.15, 0.2) is 78.9 Å². The molecule has 0 aliphatic rings.